The van der Waals surface area contributed by atoms with Gasteiger partial charge in [0.05, 0.1) is 0 Å². The molecular formula is C16H11ClN2O4. The number of benzene rings is 2. The van der Waals surface area contributed by atoms with Crippen molar-refractivity contribution in [3.8, 4) is 0 Å². The monoisotopic (exact) mass is 330 g/mol. The van der Waals surface area contributed by atoms with Gasteiger partial charge in [0.1, 0.15) is 6.61 Å². The molecule has 0 spiro atoms. The van der Waals surface area contributed by atoms with Gasteiger partial charge in [-0.2, -0.15) is 9.46 Å². The summed E-state index contributed by atoms with van der Waals surface area (Å²) >= 11 is 5.86. The lowest BCUT2D eigenvalue weighted by Crippen LogP contribution is -2.47. The van der Waals surface area contributed by atoms with Crippen LogP contribution in [0.2, 0.25) is 5.02 Å². The maximum atomic E-state index is 12.7. The van der Waals surface area contributed by atoms with E-state index >= 15 is 0 Å². The summed E-state index contributed by atoms with van der Waals surface area (Å²) in [5, 5.41) is 34.7. The molecule has 3 rings (SSSR count). The standard InChI is InChI=1S/C16H11ClN2O4/c17-11-5-3-4-10(8-11)16(21)15-14(9-20)18(22)12-6-1-2-7-13(12)19(15)23/h1-8,20H,9H2. The van der Waals surface area contributed by atoms with Crippen molar-refractivity contribution < 1.29 is 19.4 Å². The van der Waals surface area contributed by atoms with E-state index in [4.69, 9.17) is 11.6 Å². The number of aromatic nitrogens is 2. The minimum absolute atomic E-state index is 0.0464. The molecule has 0 fully saturated rings. The lowest BCUT2D eigenvalue weighted by molar-refractivity contribution is -0.637. The van der Waals surface area contributed by atoms with Gasteiger partial charge in [0, 0.05) is 22.7 Å². The van der Waals surface area contributed by atoms with Crippen molar-refractivity contribution in [1.29, 1.82) is 0 Å². The predicted octanol–water partition coefficient (Wildman–Crippen LogP) is 1.48. The highest BCUT2D eigenvalue weighted by Gasteiger charge is 2.33. The topological polar surface area (TPSA) is 91.2 Å². The van der Waals surface area contributed by atoms with Crippen LogP contribution >= 0.6 is 11.6 Å². The summed E-state index contributed by atoms with van der Waals surface area (Å²) in [6.07, 6.45) is 0. The lowest BCUT2D eigenvalue weighted by Gasteiger charge is -2.11. The molecule has 3 aromatic rings. The van der Waals surface area contributed by atoms with E-state index in [1.165, 1.54) is 24.3 Å². The highest BCUT2D eigenvalue weighted by molar-refractivity contribution is 6.31. The van der Waals surface area contributed by atoms with Crippen LogP contribution in [-0.4, -0.2) is 10.9 Å². The fourth-order valence-corrected chi connectivity index (χ4v) is 2.61. The summed E-state index contributed by atoms with van der Waals surface area (Å²) in [5.41, 5.74) is -0.432. The second-order valence-corrected chi connectivity index (χ2v) is 5.31. The molecule has 0 radical (unpaired) electrons. The zero-order valence-electron chi connectivity index (χ0n) is 11.8. The largest absolute Gasteiger partial charge is 0.618 e. The van der Waals surface area contributed by atoms with E-state index in [0.717, 1.165) is 0 Å². The van der Waals surface area contributed by atoms with Gasteiger partial charge in [-0.05, 0) is 12.1 Å². The van der Waals surface area contributed by atoms with Crippen LogP contribution in [-0.2, 0) is 6.61 Å². The Hall–Kier alpha value is -2.70. The second-order valence-electron chi connectivity index (χ2n) is 4.87. The summed E-state index contributed by atoms with van der Waals surface area (Å²) < 4.78 is 0.778. The molecule has 0 saturated carbocycles. The van der Waals surface area contributed by atoms with Crippen molar-refractivity contribution >= 4 is 28.4 Å². The van der Waals surface area contributed by atoms with Gasteiger partial charge in [-0.25, -0.2) is 0 Å². The predicted molar refractivity (Wildman–Crippen MR) is 82.7 cm³/mol. The molecule has 0 unspecified atom stereocenters. The second kappa shape index (κ2) is 5.83. The molecule has 0 saturated heterocycles. The zero-order valence-corrected chi connectivity index (χ0v) is 12.5. The molecule has 0 aliphatic heterocycles. The van der Waals surface area contributed by atoms with Gasteiger partial charge in [0.15, 0.2) is 0 Å². The molecule has 23 heavy (non-hydrogen) atoms. The number of carbonyl (C=O) groups is 1. The van der Waals surface area contributed by atoms with Crippen LogP contribution in [0.4, 0.5) is 0 Å². The molecule has 0 aliphatic rings. The summed E-state index contributed by atoms with van der Waals surface area (Å²) in [5.74, 6) is -0.679. The third-order valence-electron chi connectivity index (χ3n) is 3.49. The van der Waals surface area contributed by atoms with E-state index in [9.17, 15) is 20.3 Å². The smallest absolute Gasteiger partial charge is 0.336 e. The van der Waals surface area contributed by atoms with Crippen LogP contribution < -0.4 is 9.46 Å². The molecule has 0 aliphatic carbocycles. The molecule has 1 N–H and O–H groups in total. The lowest BCUT2D eigenvalue weighted by atomic mass is 10.1. The minimum atomic E-state index is -0.738. The molecule has 7 heteroatoms. The average Bonchev–Trinajstić information content (AvgIpc) is 2.57. The maximum Gasteiger partial charge on any atom is 0.336 e. The van der Waals surface area contributed by atoms with Gasteiger partial charge in [-0.15, -0.1) is 0 Å². The minimum Gasteiger partial charge on any atom is -0.618 e. The first-order valence-electron chi connectivity index (χ1n) is 6.72. The van der Waals surface area contributed by atoms with E-state index in [1.54, 1.807) is 24.3 Å². The normalized spacial score (nSPS) is 10.9. The summed E-state index contributed by atoms with van der Waals surface area (Å²) in [7, 11) is 0. The molecule has 2 aromatic carbocycles. The van der Waals surface area contributed by atoms with Gasteiger partial charge in [0.2, 0.25) is 0 Å². The maximum absolute atomic E-state index is 12.7. The number of aliphatic hydroxyl groups is 1. The van der Waals surface area contributed by atoms with Gasteiger partial charge in [-0.1, -0.05) is 35.9 Å². The van der Waals surface area contributed by atoms with E-state index in [0.29, 0.717) is 14.5 Å². The summed E-state index contributed by atoms with van der Waals surface area (Å²) in [4.78, 5) is 12.7. The number of aliphatic hydroxyl groups excluding tert-OH is 1. The van der Waals surface area contributed by atoms with Gasteiger partial charge in [0.25, 0.3) is 22.5 Å². The Bertz CT molecular complexity index is 927. The van der Waals surface area contributed by atoms with Crippen molar-refractivity contribution in [2.75, 3.05) is 0 Å². The van der Waals surface area contributed by atoms with Gasteiger partial charge in [-0.3, -0.25) is 4.79 Å². The number of rotatable bonds is 3. The third-order valence-corrected chi connectivity index (χ3v) is 3.73. The number of ketones is 1. The molecule has 6 nitrogen and oxygen atoms in total. The van der Waals surface area contributed by atoms with Crippen LogP contribution in [0, 0.1) is 10.4 Å². The van der Waals surface area contributed by atoms with Crippen molar-refractivity contribution in [2.45, 2.75) is 6.61 Å². The first kappa shape index (κ1) is 15.2. The molecule has 1 heterocycles. The molecule has 0 amide bonds. The molecule has 0 bridgehead atoms. The zero-order chi connectivity index (χ0) is 16.6. The van der Waals surface area contributed by atoms with E-state index in [1.807, 2.05) is 0 Å². The van der Waals surface area contributed by atoms with Crippen LogP contribution in [0.5, 0.6) is 0 Å². The van der Waals surface area contributed by atoms with E-state index in [2.05, 4.69) is 0 Å². The van der Waals surface area contributed by atoms with Crippen LogP contribution in [0.25, 0.3) is 11.0 Å². The number of carbonyl (C=O) groups excluding carboxylic acids is 1. The van der Waals surface area contributed by atoms with Crippen LogP contribution in [0.15, 0.2) is 48.5 Å². The number of hydrogen-bond donors (Lipinski definition) is 1. The SMILES string of the molecule is O=C(c1cccc(Cl)c1)c1c(CO)[n+]([O-])c2ccccc2[n+]1[O-]. The number of para-hydroxylation sites is 2. The first-order valence-corrected chi connectivity index (χ1v) is 7.10. The Morgan fingerprint density at radius 2 is 1.70 bits per heavy atom. The quantitative estimate of drug-likeness (QED) is 0.447. The summed E-state index contributed by atoms with van der Waals surface area (Å²) in [6.45, 7) is -0.738. The Labute approximate surface area is 136 Å². The molecule has 0 atom stereocenters. The highest BCUT2D eigenvalue weighted by atomic mass is 35.5. The fraction of sp³-hybridized carbons (Fsp3) is 0.0625. The fourth-order valence-electron chi connectivity index (χ4n) is 2.42. The number of halogens is 1. The van der Waals surface area contributed by atoms with Crippen LogP contribution in [0.1, 0.15) is 21.7 Å². The van der Waals surface area contributed by atoms with Crippen molar-refractivity contribution in [1.82, 2.24) is 0 Å². The molecule has 1 aromatic heterocycles. The van der Waals surface area contributed by atoms with Crippen molar-refractivity contribution in [2.24, 2.45) is 0 Å². The van der Waals surface area contributed by atoms with Gasteiger partial charge < -0.3 is 15.5 Å². The van der Waals surface area contributed by atoms with E-state index < -0.39 is 18.1 Å². The number of fused-ring (bicyclic) bond motifs is 1. The van der Waals surface area contributed by atoms with E-state index in [-0.39, 0.29) is 22.3 Å². The Morgan fingerprint density at radius 3 is 2.30 bits per heavy atom. The third kappa shape index (κ3) is 2.48. The number of hydrogen-bond acceptors (Lipinski definition) is 4. The first-order chi connectivity index (χ1) is 11.0. The molecular weight excluding hydrogens is 320 g/mol. The van der Waals surface area contributed by atoms with Crippen molar-refractivity contribution in [3.05, 3.63) is 80.9 Å². The van der Waals surface area contributed by atoms with Gasteiger partial charge >= 0.3 is 5.69 Å². The average molecular weight is 331 g/mol. The summed E-state index contributed by atoms with van der Waals surface area (Å²) in [6, 6.07) is 12.1. The number of nitrogens with zero attached hydrogens (tertiary/aromatic N) is 2. The Morgan fingerprint density at radius 1 is 1.04 bits per heavy atom. The highest BCUT2D eigenvalue weighted by Crippen LogP contribution is 2.16. The van der Waals surface area contributed by atoms with Crippen LogP contribution in [0.3, 0.4) is 0 Å². The Kier molecular flexibility index (Phi) is 3.85. The molecule has 116 valence electrons. The van der Waals surface area contributed by atoms with Crippen molar-refractivity contribution in [3.63, 3.8) is 0 Å². The Balaban J connectivity index is 2.32.